The lowest BCUT2D eigenvalue weighted by Gasteiger charge is -2.27. The summed E-state index contributed by atoms with van der Waals surface area (Å²) >= 11 is 0. The summed E-state index contributed by atoms with van der Waals surface area (Å²) in [6.07, 6.45) is 4.56. The first-order valence-corrected chi connectivity index (χ1v) is 19.2. The number of aryl methyl sites for hydroxylation is 1. The van der Waals surface area contributed by atoms with Crippen LogP contribution >= 0.6 is 0 Å². The summed E-state index contributed by atoms with van der Waals surface area (Å²) in [6, 6.07) is 75.3. The molecule has 1 heteroatoms. The standard InChI is InChI=1S/C54H39N/c1-3-15-38(16-4-1)39-29-33-44(34-30-39)55(45-35-31-41(32-36-45)48-28-14-20-40-17-7-8-23-47(40)48)46-22-13-21-43(37-46)54-52-27-12-10-25-50(52)49-24-9-11-26-51(49)53(54)42-18-5-2-6-19-42/h1-13,15-19,21-37H,14,20H2. The topological polar surface area (TPSA) is 3.24 Å². The molecule has 0 fully saturated rings. The molecule has 1 aliphatic carbocycles. The molecule has 0 saturated heterocycles. The lowest BCUT2D eigenvalue weighted by Crippen LogP contribution is -2.10. The van der Waals surface area contributed by atoms with Crippen molar-refractivity contribution < 1.29 is 0 Å². The summed E-state index contributed by atoms with van der Waals surface area (Å²) in [5.41, 5.74) is 16.0. The number of allylic oxidation sites excluding steroid dienone is 1. The Balaban J connectivity index is 1.15. The molecule has 10 rings (SSSR count). The summed E-state index contributed by atoms with van der Waals surface area (Å²) in [5, 5.41) is 5.05. The highest BCUT2D eigenvalue weighted by Gasteiger charge is 2.20. The molecule has 1 nitrogen and oxygen atoms in total. The zero-order chi connectivity index (χ0) is 36.6. The molecule has 9 aromatic rings. The summed E-state index contributed by atoms with van der Waals surface area (Å²) in [7, 11) is 0. The zero-order valence-electron chi connectivity index (χ0n) is 30.6. The molecule has 0 aliphatic heterocycles. The second-order valence-corrected chi connectivity index (χ2v) is 14.4. The lowest BCUT2D eigenvalue weighted by molar-refractivity contribution is 0.978. The van der Waals surface area contributed by atoms with Crippen LogP contribution < -0.4 is 4.90 Å². The number of hydrogen-bond donors (Lipinski definition) is 0. The molecular formula is C54H39N. The number of benzene rings is 9. The van der Waals surface area contributed by atoms with Crippen molar-refractivity contribution in [3.63, 3.8) is 0 Å². The third-order valence-electron chi connectivity index (χ3n) is 11.1. The summed E-state index contributed by atoms with van der Waals surface area (Å²) in [5.74, 6) is 0. The van der Waals surface area contributed by atoms with Crippen LogP contribution in [0.3, 0.4) is 0 Å². The van der Waals surface area contributed by atoms with E-state index in [2.05, 4.69) is 217 Å². The van der Waals surface area contributed by atoms with Gasteiger partial charge in [0.25, 0.3) is 0 Å². The van der Waals surface area contributed by atoms with Gasteiger partial charge in [0, 0.05) is 17.1 Å². The van der Waals surface area contributed by atoms with Gasteiger partial charge in [0.15, 0.2) is 0 Å². The maximum atomic E-state index is 2.40. The fourth-order valence-electron chi connectivity index (χ4n) is 8.57. The molecule has 0 N–H and O–H groups in total. The van der Waals surface area contributed by atoms with Gasteiger partial charge >= 0.3 is 0 Å². The molecule has 0 spiro atoms. The van der Waals surface area contributed by atoms with E-state index in [1.165, 1.54) is 77.2 Å². The van der Waals surface area contributed by atoms with Crippen molar-refractivity contribution in [2.75, 3.05) is 4.90 Å². The lowest BCUT2D eigenvalue weighted by atomic mass is 9.85. The Morgan fingerprint density at radius 3 is 1.47 bits per heavy atom. The van der Waals surface area contributed by atoms with Crippen molar-refractivity contribution in [2.45, 2.75) is 12.8 Å². The number of fused-ring (bicyclic) bond motifs is 4. The van der Waals surface area contributed by atoms with E-state index in [0.717, 1.165) is 29.9 Å². The second-order valence-electron chi connectivity index (χ2n) is 14.4. The van der Waals surface area contributed by atoms with Crippen molar-refractivity contribution in [3.05, 3.63) is 229 Å². The Labute approximate surface area is 323 Å². The molecule has 0 amide bonds. The van der Waals surface area contributed by atoms with Gasteiger partial charge in [-0.2, -0.15) is 0 Å². The molecule has 55 heavy (non-hydrogen) atoms. The van der Waals surface area contributed by atoms with Crippen LogP contribution in [0.4, 0.5) is 17.1 Å². The first kappa shape index (κ1) is 32.7. The van der Waals surface area contributed by atoms with Crippen LogP contribution in [0.15, 0.2) is 212 Å². The van der Waals surface area contributed by atoms with Gasteiger partial charge in [-0.1, -0.05) is 176 Å². The highest BCUT2D eigenvalue weighted by molar-refractivity contribution is 6.21. The minimum Gasteiger partial charge on any atom is -0.310 e. The summed E-state index contributed by atoms with van der Waals surface area (Å²) in [6.45, 7) is 0. The van der Waals surface area contributed by atoms with Crippen LogP contribution in [-0.4, -0.2) is 0 Å². The fourth-order valence-corrected chi connectivity index (χ4v) is 8.57. The van der Waals surface area contributed by atoms with Crippen LogP contribution in [0.2, 0.25) is 0 Å². The molecule has 260 valence electrons. The van der Waals surface area contributed by atoms with Gasteiger partial charge in [-0.15, -0.1) is 0 Å². The number of anilines is 3. The van der Waals surface area contributed by atoms with Gasteiger partial charge in [-0.05, 0) is 126 Å². The molecule has 0 bridgehead atoms. The molecule has 0 unspecified atom stereocenters. The third kappa shape index (κ3) is 6.01. The Bertz CT molecular complexity index is 2830. The predicted octanol–water partition coefficient (Wildman–Crippen LogP) is 14.8. The zero-order valence-corrected chi connectivity index (χ0v) is 30.6. The predicted molar refractivity (Wildman–Crippen MR) is 234 cm³/mol. The van der Waals surface area contributed by atoms with Crippen LogP contribution in [0.1, 0.15) is 23.1 Å². The van der Waals surface area contributed by atoms with E-state index >= 15 is 0 Å². The third-order valence-corrected chi connectivity index (χ3v) is 11.1. The molecule has 0 heterocycles. The van der Waals surface area contributed by atoms with E-state index in [1.54, 1.807) is 0 Å². The van der Waals surface area contributed by atoms with Crippen molar-refractivity contribution in [1.82, 2.24) is 0 Å². The highest BCUT2D eigenvalue weighted by atomic mass is 15.1. The van der Waals surface area contributed by atoms with E-state index in [4.69, 9.17) is 0 Å². The van der Waals surface area contributed by atoms with Gasteiger partial charge in [0.1, 0.15) is 0 Å². The average Bonchev–Trinajstić information content (AvgIpc) is 3.27. The largest absolute Gasteiger partial charge is 0.310 e. The first-order chi connectivity index (χ1) is 27.3. The van der Waals surface area contributed by atoms with Gasteiger partial charge < -0.3 is 4.90 Å². The SMILES string of the molecule is C1=C(c2ccc(N(c3ccc(-c4ccccc4)cc3)c3cccc(-c4c(-c5ccccc5)c5ccccc5c5ccccc45)c3)cc2)c2ccccc2CC1. The van der Waals surface area contributed by atoms with Gasteiger partial charge in [-0.3, -0.25) is 0 Å². The monoisotopic (exact) mass is 701 g/mol. The molecule has 0 atom stereocenters. The van der Waals surface area contributed by atoms with Crippen LogP contribution in [0, 0.1) is 0 Å². The first-order valence-electron chi connectivity index (χ1n) is 19.2. The molecule has 0 aromatic heterocycles. The molecule has 1 aliphatic rings. The highest BCUT2D eigenvalue weighted by Crippen LogP contribution is 2.46. The normalized spacial score (nSPS) is 12.3. The van der Waals surface area contributed by atoms with Crippen molar-refractivity contribution in [1.29, 1.82) is 0 Å². The van der Waals surface area contributed by atoms with Crippen molar-refractivity contribution in [2.24, 2.45) is 0 Å². The summed E-state index contributed by atoms with van der Waals surface area (Å²) < 4.78 is 0. The molecule has 9 aromatic carbocycles. The Morgan fingerprint density at radius 2 is 0.818 bits per heavy atom. The molecular weight excluding hydrogens is 663 g/mol. The summed E-state index contributed by atoms with van der Waals surface area (Å²) in [4.78, 5) is 2.40. The Kier molecular flexibility index (Phi) is 8.39. The minimum atomic E-state index is 1.06. The van der Waals surface area contributed by atoms with Crippen LogP contribution in [0.5, 0.6) is 0 Å². The smallest absolute Gasteiger partial charge is 0.0467 e. The molecule has 0 saturated carbocycles. The maximum absolute atomic E-state index is 2.40. The average molecular weight is 702 g/mol. The van der Waals surface area contributed by atoms with E-state index in [9.17, 15) is 0 Å². The van der Waals surface area contributed by atoms with Crippen LogP contribution in [-0.2, 0) is 6.42 Å². The van der Waals surface area contributed by atoms with E-state index < -0.39 is 0 Å². The van der Waals surface area contributed by atoms with E-state index in [1.807, 2.05) is 0 Å². The second kappa shape index (κ2) is 14.1. The quantitative estimate of drug-likeness (QED) is 0.150. The van der Waals surface area contributed by atoms with Gasteiger partial charge in [0.05, 0.1) is 0 Å². The number of hydrogen-bond acceptors (Lipinski definition) is 1. The van der Waals surface area contributed by atoms with Crippen molar-refractivity contribution in [3.8, 4) is 33.4 Å². The van der Waals surface area contributed by atoms with Crippen LogP contribution in [0.25, 0.3) is 60.5 Å². The Morgan fingerprint density at radius 1 is 0.327 bits per heavy atom. The fraction of sp³-hybridized carbons (Fsp3) is 0.0370. The number of nitrogens with zero attached hydrogens (tertiary/aromatic N) is 1. The maximum Gasteiger partial charge on any atom is 0.0467 e. The Hall–Kier alpha value is -6.96. The molecule has 0 radical (unpaired) electrons. The number of rotatable bonds is 7. The van der Waals surface area contributed by atoms with Gasteiger partial charge in [0.2, 0.25) is 0 Å². The van der Waals surface area contributed by atoms with E-state index in [-0.39, 0.29) is 0 Å². The van der Waals surface area contributed by atoms with E-state index in [0.29, 0.717) is 0 Å². The minimum absolute atomic E-state index is 1.06. The van der Waals surface area contributed by atoms with Gasteiger partial charge in [-0.25, -0.2) is 0 Å². The van der Waals surface area contributed by atoms with Crippen molar-refractivity contribution >= 4 is 44.2 Å².